The highest BCUT2D eigenvalue weighted by molar-refractivity contribution is 6.35. The molecule has 1 aliphatic rings. The highest BCUT2D eigenvalue weighted by atomic mass is 35.5. The molecule has 29 heavy (non-hydrogen) atoms. The lowest BCUT2D eigenvalue weighted by Crippen LogP contribution is -2.47. The summed E-state index contributed by atoms with van der Waals surface area (Å²) in [7, 11) is 0. The van der Waals surface area contributed by atoms with Gasteiger partial charge in [-0.05, 0) is 42.5 Å². The van der Waals surface area contributed by atoms with Gasteiger partial charge in [0.1, 0.15) is 31.1 Å². The van der Waals surface area contributed by atoms with Crippen molar-refractivity contribution in [3.8, 4) is 11.4 Å². The van der Waals surface area contributed by atoms with E-state index >= 15 is 0 Å². The number of aromatic nitrogens is 3. The molecular weight excluding hydrogens is 415 g/mol. The fourth-order valence-electron chi connectivity index (χ4n) is 3.06. The van der Waals surface area contributed by atoms with Gasteiger partial charge in [0.25, 0.3) is 5.91 Å². The summed E-state index contributed by atoms with van der Waals surface area (Å²) in [5.74, 6) is 0.543. The third kappa shape index (κ3) is 4.70. The van der Waals surface area contributed by atoms with Crippen LogP contribution in [0, 0.1) is 0 Å². The molecule has 0 spiro atoms. The normalized spacial score (nSPS) is 16.6. The second-order valence-corrected chi connectivity index (χ2v) is 7.36. The Bertz CT molecular complexity index is 980. The van der Waals surface area contributed by atoms with Crippen molar-refractivity contribution < 1.29 is 14.3 Å². The van der Waals surface area contributed by atoms with Crippen molar-refractivity contribution in [1.82, 2.24) is 19.7 Å². The van der Waals surface area contributed by atoms with Crippen LogP contribution in [0.3, 0.4) is 0 Å². The van der Waals surface area contributed by atoms with Crippen LogP contribution in [0.25, 0.3) is 5.69 Å². The molecule has 0 aliphatic carbocycles. The molecule has 1 saturated heterocycles. The van der Waals surface area contributed by atoms with Gasteiger partial charge in [0, 0.05) is 11.6 Å². The van der Waals surface area contributed by atoms with Gasteiger partial charge in [-0.3, -0.25) is 4.79 Å². The van der Waals surface area contributed by atoms with E-state index in [4.69, 9.17) is 32.7 Å². The summed E-state index contributed by atoms with van der Waals surface area (Å²) in [6.45, 7) is 1.67. The summed E-state index contributed by atoms with van der Waals surface area (Å²) < 4.78 is 13.3. The maximum Gasteiger partial charge on any atom is 0.255 e. The highest BCUT2D eigenvalue weighted by Gasteiger charge is 2.27. The van der Waals surface area contributed by atoms with E-state index < -0.39 is 0 Å². The molecule has 1 amide bonds. The molecule has 3 aromatic rings. The van der Waals surface area contributed by atoms with Crippen LogP contribution in [0.2, 0.25) is 10.0 Å². The Morgan fingerprint density at radius 3 is 2.79 bits per heavy atom. The van der Waals surface area contributed by atoms with Gasteiger partial charge in [0.15, 0.2) is 0 Å². The van der Waals surface area contributed by atoms with Crippen molar-refractivity contribution in [1.29, 1.82) is 0 Å². The quantitative estimate of drug-likeness (QED) is 0.616. The van der Waals surface area contributed by atoms with Gasteiger partial charge in [0.05, 0.1) is 29.4 Å². The van der Waals surface area contributed by atoms with Crippen molar-refractivity contribution in [3.05, 3.63) is 70.7 Å². The smallest absolute Gasteiger partial charge is 0.255 e. The Balaban J connectivity index is 1.35. The number of hydrogen-bond acceptors (Lipinski definition) is 5. The molecule has 4 rings (SSSR count). The standard InChI is InChI=1S/C20H18Cl2N4O3/c21-14-1-6-19(22)18(9-14)20(27)25-7-8-28-17(10-25)11-29-16-4-2-15(3-5-16)26-13-23-12-24-26/h1-6,9,12-13,17H,7-8,10-11H2. The average Bonchev–Trinajstić information content (AvgIpc) is 3.29. The van der Waals surface area contributed by atoms with Gasteiger partial charge in [-0.15, -0.1) is 0 Å². The van der Waals surface area contributed by atoms with Crippen molar-refractivity contribution in [2.45, 2.75) is 6.10 Å². The maximum atomic E-state index is 12.8. The molecule has 0 N–H and O–H groups in total. The number of nitrogens with zero attached hydrogens (tertiary/aromatic N) is 4. The molecule has 9 heteroatoms. The SMILES string of the molecule is O=C(c1cc(Cl)ccc1Cl)N1CCOC(COc2ccc(-n3cncn3)cc2)C1. The van der Waals surface area contributed by atoms with Gasteiger partial charge < -0.3 is 14.4 Å². The first kappa shape index (κ1) is 19.7. The number of carbonyl (C=O) groups excluding carboxylic acids is 1. The van der Waals surface area contributed by atoms with Crippen LogP contribution in [-0.2, 0) is 4.74 Å². The van der Waals surface area contributed by atoms with Crippen LogP contribution in [-0.4, -0.2) is 58.0 Å². The van der Waals surface area contributed by atoms with Crippen LogP contribution in [0.15, 0.2) is 55.1 Å². The summed E-state index contributed by atoms with van der Waals surface area (Å²) in [5.41, 5.74) is 1.28. The number of benzene rings is 2. The second-order valence-electron chi connectivity index (χ2n) is 6.51. The predicted octanol–water partition coefficient (Wildman–Crippen LogP) is 3.49. The van der Waals surface area contributed by atoms with E-state index in [1.807, 2.05) is 24.3 Å². The number of hydrogen-bond donors (Lipinski definition) is 0. The topological polar surface area (TPSA) is 69.5 Å². The van der Waals surface area contributed by atoms with E-state index in [-0.39, 0.29) is 12.0 Å². The molecule has 2 aromatic carbocycles. The fourth-order valence-corrected chi connectivity index (χ4v) is 3.43. The molecule has 1 aliphatic heterocycles. The monoisotopic (exact) mass is 432 g/mol. The summed E-state index contributed by atoms with van der Waals surface area (Å²) >= 11 is 12.2. The second kappa shape index (κ2) is 8.82. The first-order valence-corrected chi connectivity index (χ1v) is 9.79. The van der Waals surface area contributed by atoms with Gasteiger partial charge in [0.2, 0.25) is 0 Å². The average molecular weight is 433 g/mol. The summed E-state index contributed by atoms with van der Waals surface area (Å²) in [5, 5.41) is 4.94. The molecule has 2 heterocycles. The van der Waals surface area contributed by atoms with E-state index in [1.54, 1.807) is 34.1 Å². The first-order valence-electron chi connectivity index (χ1n) is 9.04. The van der Waals surface area contributed by atoms with E-state index in [1.165, 1.54) is 6.33 Å². The molecule has 0 bridgehead atoms. The number of ether oxygens (including phenoxy) is 2. The lowest BCUT2D eigenvalue weighted by Gasteiger charge is -2.33. The van der Waals surface area contributed by atoms with Gasteiger partial charge in [-0.1, -0.05) is 23.2 Å². The van der Waals surface area contributed by atoms with Gasteiger partial charge in [-0.25, -0.2) is 9.67 Å². The van der Waals surface area contributed by atoms with Crippen LogP contribution in [0.5, 0.6) is 5.75 Å². The van der Waals surface area contributed by atoms with Crippen molar-refractivity contribution in [2.75, 3.05) is 26.3 Å². The predicted molar refractivity (Wildman–Crippen MR) is 109 cm³/mol. The van der Waals surface area contributed by atoms with E-state index in [0.717, 1.165) is 5.69 Å². The fraction of sp³-hybridized carbons (Fsp3) is 0.250. The van der Waals surface area contributed by atoms with Crippen LogP contribution in [0.4, 0.5) is 0 Å². The highest BCUT2D eigenvalue weighted by Crippen LogP contribution is 2.23. The Morgan fingerprint density at radius 1 is 1.21 bits per heavy atom. The van der Waals surface area contributed by atoms with Gasteiger partial charge >= 0.3 is 0 Å². The molecule has 0 saturated carbocycles. The van der Waals surface area contributed by atoms with E-state index in [2.05, 4.69) is 10.1 Å². The number of amides is 1. The molecule has 1 aromatic heterocycles. The van der Waals surface area contributed by atoms with Crippen molar-refractivity contribution in [2.24, 2.45) is 0 Å². The molecule has 1 unspecified atom stereocenters. The van der Waals surface area contributed by atoms with Crippen molar-refractivity contribution in [3.63, 3.8) is 0 Å². The van der Waals surface area contributed by atoms with Crippen LogP contribution >= 0.6 is 23.2 Å². The summed E-state index contributed by atoms with van der Waals surface area (Å²) in [6.07, 6.45) is 2.87. The number of rotatable bonds is 5. The minimum absolute atomic E-state index is 0.164. The molecular formula is C20H18Cl2N4O3. The largest absolute Gasteiger partial charge is 0.491 e. The third-order valence-electron chi connectivity index (χ3n) is 4.54. The maximum absolute atomic E-state index is 12.8. The molecule has 0 radical (unpaired) electrons. The minimum atomic E-state index is -0.236. The third-order valence-corrected chi connectivity index (χ3v) is 5.11. The molecule has 150 valence electrons. The minimum Gasteiger partial charge on any atom is -0.491 e. The lowest BCUT2D eigenvalue weighted by atomic mass is 10.1. The number of halogens is 2. The lowest BCUT2D eigenvalue weighted by molar-refractivity contribution is -0.0401. The molecule has 1 fully saturated rings. The zero-order valence-corrected chi connectivity index (χ0v) is 16.9. The van der Waals surface area contributed by atoms with E-state index in [9.17, 15) is 4.79 Å². The first-order chi connectivity index (χ1) is 14.1. The Kier molecular flexibility index (Phi) is 5.99. The number of morpholine rings is 1. The summed E-state index contributed by atoms with van der Waals surface area (Å²) in [6, 6.07) is 12.4. The zero-order valence-electron chi connectivity index (χ0n) is 15.4. The van der Waals surface area contributed by atoms with Crippen LogP contribution < -0.4 is 4.74 Å². The molecule has 1 atom stereocenters. The Morgan fingerprint density at radius 2 is 2.03 bits per heavy atom. The summed E-state index contributed by atoms with van der Waals surface area (Å²) in [4.78, 5) is 18.5. The van der Waals surface area contributed by atoms with Crippen LogP contribution in [0.1, 0.15) is 10.4 Å². The van der Waals surface area contributed by atoms with Gasteiger partial charge in [-0.2, -0.15) is 5.10 Å². The van der Waals surface area contributed by atoms with E-state index in [0.29, 0.717) is 47.7 Å². The van der Waals surface area contributed by atoms with Crippen molar-refractivity contribution >= 4 is 29.1 Å². The Hall–Kier alpha value is -2.61. The Labute approximate surface area is 177 Å². The zero-order chi connectivity index (χ0) is 20.2. The number of carbonyl (C=O) groups is 1. The molecule has 7 nitrogen and oxygen atoms in total.